The predicted octanol–water partition coefficient (Wildman–Crippen LogP) is -11.7. The van der Waals surface area contributed by atoms with Gasteiger partial charge in [0.05, 0.1) is 39.2 Å². The number of nitrogens with zero attached hydrogens (tertiary/aromatic N) is 2. The minimum Gasteiger partial charge on any atom is -0.481 e. The number of aliphatic hydroxyl groups is 11. The van der Waals surface area contributed by atoms with Gasteiger partial charge in [0.2, 0.25) is 23.6 Å². The van der Waals surface area contributed by atoms with E-state index in [0.717, 1.165) is 6.92 Å². The van der Waals surface area contributed by atoms with Crippen LogP contribution in [0.2, 0.25) is 0 Å². The Hall–Kier alpha value is -4.89. The number of carboxylic acid groups (broad SMARTS) is 2. The van der Waals surface area contributed by atoms with Crippen molar-refractivity contribution in [3.8, 4) is 0 Å². The van der Waals surface area contributed by atoms with Crippen LogP contribution in [0.3, 0.4) is 0 Å². The Morgan fingerprint density at radius 2 is 1.05 bits per heavy atom. The number of amides is 5. The Balaban J connectivity index is 3.07. The number of aliphatic carboxylic acids is 2. The fourth-order valence-corrected chi connectivity index (χ4v) is 6.10. The third-order valence-corrected chi connectivity index (χ3v) is 10.1. The van der Waals surface area contributed by atoms with Gasteiger partial charge >= 0.3 is 11.9 Å². The van der Waals surface area contributed by atoms with Gasteiger partial charge in [-0.15, -0.1) is 0 Å². The molecule has 0 aromatic carbocycles. The lowest BCUT2D eigenvalue weighted by Gasteiger charge is -2.35. The van der Waals surface area contributed by atoms with Gasteiger partial charge in [0, 0.05) is 45.2 Å². The van der Waals surface area contributed by atoms with Crippen LogP contribution < -0.4 is 26.6 Å². The van der Waals surface area contributed by atoms with Crippen LogP contribution in [0.4, 0.5) is 0 Å². The number of carbonyl (C=O) groups excluding carboxylic acids is 7. The zero-order chi connectivity index (χ0) is 49.9. The SMILES string of the molecule is CC(=O)[C@@H](NC(=O)[C@H](CC(=O)O)NC(=O)[C@@H](NC(=O)CN1CCN(CCNC(=O)[C@@H](NC(=O)[C@@H](C)CC(=O)O)C(=O)[C@H](O)[C@H](O)CO)CC1)[C@@H](O)[C@H](O)[C@H](O)CO)[C@@H](O)[C@H](O)[C@H](O)CO. The molecule has 0 aromatic heterocycles. The quantitative estimate of drug-likeness (QED) is 0.0297. The highest BCUT2D eigenvalue weighted by molar-refractivity contribution is 6.10. The Kier molecular flexibility index (Phi) is 25.2. The van der Waals surface area contributed by atoms with E-state index in [1.165, 1.54) is 11.8 Å². The third kappa shape index (κ3) is 18.9. The van der Waals surface area contributed by atoms with Crippen molar-refractivity contribution in [2.45, 2.75) is 99.7 Å². The van der Waals surface area contributed by atoms with Crippen LogP contribution in [-0.4, -0.2) is 268 Å². The molecule has 65 heavy (non-hydrogen) atoms. The second-order valence-corrected chi connectivity index (χ2v) is 15.2. The highest BCUT2D eigenvalue weighted by Gasteiger charge is 2.41. The Labute approximate surface area is 370 Å². The smallest absolute Gasteiger partial charge is 0.305 e. The van der Waals surface area contributed by atoms with Crippen molar-refractivity contribution in [2.24, 2.45) is 5.92 Å². The van der Waals surface area contributed by atoms with E-state index in [1.54, 1.807) is 4.90 Å². The standard InChI is InChI=1S/C36H61N7O22/c1-15(9-22(52)53)33(62)41-25(31(60)28(57)19(49)13-45)35(64)37-3-4-42-5-7-43(8-6-42)11-21(51)39-26(32(61)29(58)20(50)14-46)36(65)38-17(10-23(54)55)34(63)40-24(16(2)47)30(59)27(56)18(48)12-44/h15,17-20,24-30,32,44-46,48-50,56-59,61H,3-14H2,1-2H3,(H,37,64)(H,38,65)(H,39,51)(H,40,63)(H,41,62)(H,52,53)(H,54,55)/t15-,17-,18+,19+,20+,24+,25-,26-,27+,28+,29+,30+,32+/m0/s1. The van der Waals surface area contributed by atoms with Gasteiger partial charge in [-0.3, -0.25) is 53.0 Å². The van der Waals surface area contributed by atoms with Crippen molar-refractivity contribution in [1.29, 1.82) is 0 Å². The summed E-state index contributed by atoms with van der Waals surface area (Å²) in [6.07, 6.45) is -19.5. The Morgan fingerprint density at radius 3 is 1.52 bits per heavy atom. The average Bonchev–Trinajstić information content (AvgIpc) is 3.26. The van der Waals surface area contributed by atoms with E-state index in [2.05, 4.69) is 10.6 Å². The van der Waals surface area contributed by atoms with Gasteiger partial charge in [0.25, 0.3) is 5.91 Å². The molecule has 0 aliphatic carbocycles. The van der Waals surface area contributed by atoms with E-state index in [0.29, 0.717) is 0 Å². The van der Waals surface area contributed by atoms with Crippen LogP contribution >= 0.6 is 0 Å². The maximum atomic E-state index is 13.5. The average molecular weight is 944 g/mol. The minimum absolute atomic E-state index is 0.111. The van der Waals surface area contributed by atoms with Gasteiger partial charge in [-0.05, 0) is 6.92 Å². The summed E-state index contributed by atoms with van der Waals surface area (Å²) >= 11 is 0. The van der Waals surface area contributed by atoms with Crippen LogP contribution in [0.25, 0.3) is 0 Å². The molecule has 5 amide bonds. The molecule has 0 bridgehead atoms. The first-order valence-electron chi connectivity index (χ1n) is 20.0. The van der Waals surface area contributed by atoms with Gasteiger partial charge in [-0.25, -0.2) is 0 Å². The van der Waals surface area contributed by atoms with Crippen LogP contribution in [-0.2, 0) is 43.2 Å². The van der Waals surface area contributed by atoms with Gasteiger partial charge in [0.1, 0.15) is 67.0 Å². The Morgan fingerprint density at radius 1 is 0.554 bits per heavy atom. The van der Waals surface area contributed by atoms with Crippen molar-refractivity contribution in [3.05, 3.63) is 0 Å². The fourth-order valence-electron chi connectivity index (χ4n) is 6.10. The lowest BCUT2D eigenvalue weighted by atomic mass is 9.97. The first-order chi connectivity index (χ1) is 30.3. The monoisotopic (exact) mass is 943 g/mol. The predicted molar refractivity (Wildman–Crippen MR) is 212 cm³/mol. The number of ketones is 2. The van der Waals surface area contributed by atoms with E-state index < -0.39 is 171 Å². The molecule has 1 fully saturated rings. The molecule has 372 valence electrons. The zero-order valence-electron chi connectivity index (χ0n) is 35.4. The topological polar surface area (TPSA) is 483 Å². The number of Topliss-reactive ketones (excluding diaryl/α,β-unsaturated/α-hetero) is 2. The van der Waals surface area contributed by atoms with Crippen LogP contribution in [0.5, 0.6) is 0 Å². The van der Waals surface area contributed by atoms with Gasteiger partial charge in [-0.1, -0.05) is 6.92 Å². The molecule has 1 rings (SSSR count). The van der Waals surface area contributed by atoms with Gasteiger partial charge in [0.15, 0.2) is 17.6 Å². The van der Waals surface area contributed by atoms with Crippen LogP contribution in [0, 0.1) is 5.92 Å². The van der Waals surface area contributed by atoms with E-state index in [4.69, 9.17) is 15.3 Å². The highest BCUT2D eigenvalue weighted by atomic mass is 16.4. The summed E-state index contributed by atoms with van der Waals surface area (Å²) < 4.78 is 0. The second-order valence-electron chi connectivity index (χ2n) is 15.2. The number of carbonyl (C=O) groups is 9. The van der Waals surface area contributed by atoms with Crippen molar-refractivity contribution in [1.82, 2.24) is 36.4 Å². The summed E-state index contributed by atoms with van der Waals surface area (Å²) in [6.45, 7) is -1.08. The molecule has 0 spiro atoms. The summed E-state index contributed by atoms with van der Waals surface area (Å²) in [5, 5.41) is 137. The normalized spacial score (nSPS) is 19.5. The molecule has 13 atom stereocenters. The highest BCUT2D eigenvalue weighted by Crippen LogP contribution is 2.11. The maximum Gasteiger partial charge on any atom is 0.305 e. The number of hydrogen-bond donors (Lipinski definition) is 18. The zero-order valence-corrected chi connectivity index (χ0v) is 35.4. The number of rotatable bonds is 30. The summed E-state index contributed by atoms with van der Waals surface area (Å²) in [6, 6.07) is -8.54. The molecule has 0 radical (unpaired) electrons. The summed E-state index contributed by atoms with van der Waals surface area (Å²) in [5.74, 6) is -12.9. The first kappa shape index (κ1) is 58.1. The number of hydrogen-bond acceptors (Lipinski definition) is 22. The number of piperazine rings is 1. The molecule has 0 aromatic rings. The number of nitrogens with one attached hydrogen (secondary N) is 5. The summed E-state index contributed by atoms with van der Waals surface area (Å²) in [5.41, 5.74) is 0. The van der Waals surface area contributed by atoms with Crippen molar-refractivity contribution in [3.63, 3.8) is 0 Å². The molecule has 0 saturated carbocycles. The fraction of sp³-hybridized carbons (Fsp3) is 0.750. The molecule has 29 heteroatoms. The molecular formula is C36H61N7O22. The van der Waals surface area contributed by atoms with Gasteiger partial charge in [-0.2, -0.15) is 0 Å². The Bertz CT molecular complexity index is 1630. The summed E-state index contributed by atoms with van der Waals surface area (Å²) in [7, 11) is 0. The van der Waals surface area contributed by atoms with E-state index in [-0.39, 0.29) is 39.3 Å². The van der Waals surface area contributed by atoms with Gasteiger partial charge < -0.3 is 93.0 Å². The molecule has 1 aliphatic rings. The largest absolute Gasteiger partial charge is 0.481 e. The van der Waals surface area contributed by atoms with E-state index in [1.807, 2.05) is 16.0 Å². The first-order valence-corrected chi connectivity index (χ1v) is 20.0. The van der Waals surface area contributed by atoms with Crippen molar-refractivity contribution in [2.75, 3.05) is 65.6 Å². The van der Waals surface area contributed by atoms with E-state index >= 15 is 0 Å². The number of carboxylic acids is 2. The van der Waals surface area contributed by atoms with Crippen LogP contribution in [0.15, 0.2) is 0 Å². The van der Waals surface area contributed by atoms with E-state index in [9.17, 15) is 94.2 Å². The molecule has 0 unspecified atom stereocenters. The lowest BCUT2D eigenvalue weighted by molar-refractivity contribution is -0.145. The van der Waals surface area contributed by atoms with Crippen molar-refractivity contribution < 1.29 is 110 Å². The molecule has 18 N–H and O–H groups in total. The molecule has 1 saturated heterocycles. The molecule has 1 aliphatic heterocycles. The maximum absolute atomic E-state index is 13.5. The van der Waals surface area contributed by atoms with Crippen molar-refractivity contribution >= 4 is 53.0 Å². The lowest BCUT2D eigenvalue weighted by Crippen LogP contribution is -2.63. The third-order valence-electron chi connectivity index (χ3n) is 10.1. The number of aliphatic hydroxyl groups excluding tert-OH is 11. The summed E-state index contributed by atoms with van der Waals surface area (Å²) in [4.78, 5) is 116. The minimum atomic E-state index is -2.43. The molecular weight excluding hydrogens is 882 g/mol. The van der Waals surface area contributed by atoms with Crippen LogP contribution in [0.1, 0.15) is 26.7 Å². The second kappa shape index (κ2) is 28.2. The molecule has 29 nitrogen and oxygen atoms in total. The molecule has 1 heterocycles.